The molecule has 3 amide bonds. The van der Waals surface area contributed by atoms with E-state index in [1.54, 1.807) is 29.2 Å². The van der Waals surface area contributed by atoms with Crippen molar-refractivity contribution in [3.05, 3.63) is 43.5 Å². The highest BCUT2D eigenvalue weighted by Gasteiger charge is 2.43. The first-order valence-electron chi connectivity index (χ1n) is 9.95. The topological polar surface area (TPSA) is 87.7 Å². The van der Waals surface area contributed by atoms with E-state index in [4.69, 9.17) is 4.74 Å². The van der Waals surface area contributed by atoms with Crippen LogP contribution in [0.15, 0.2) is 38.6 Å². The van der Waals surface area contributed by atoms with Gasteiger partial charge in [-0.1, -0.05) is 12.8 Å². The normalized spacial score (nSPS) is 18.1. The maximum absolute atomic E-state index is 13.2. The van der Waals surface area contributed by atoms with E-state index in [1.165, 1.54) is 11.3 Å². The van der Waals surface area contributed by atoms with Crippen molar-refractivity contribution in [2.24, 2.45) is 0 Å². The molecule has 1 aromatic heterocycles. The zero-order valence-electron chi connectivity index (χ0n) is 16.6. The lowest BCUT2D eigenvalue weighted by atomic mass is 9.95. The third-order valence-electron chi connectivity index (χ3n) is 5.52. The van der Waals surface area contributed by atoms with Gasteiger partial charge in [-0.25, -0.2) is 0 Å². The summed E-state index contributed by atoms with van der Waals surface area (Å²) in [5.74, 6) is -0.567. The fourth-order valence-corrected chi connectivity index (χ4v) is 5.80. The molecular weight excluding hydrogens is 550 g/mol. The number of morpholine rings is 1. The van der Waals surface area contributed by atoms with Gasteiger partial charge in [0, 0.05) is 16.7 Å². The molecule has 0 bridgehead atoms. The summed E-state index contributed by atoms with van der Waals surface area (Å²) in [6.07, 6.45) is 2.95. The molecule has 2 heterocycles. The molecule has 0 radical (unpaired) electrons. The highest BCUT2D eigenvalue weighted by Crippen LogP contribution is 2.34. The van der Waals surface area contributed by atoms with Gasteiger partial charge in [-0.3, -0.25) is 14.4 Å². The number of carbonyl (C=O) groups is 3. The van der Waals surface area contributed by atoms with Crippen LogP contribution in [-0.2, 0) is 14.3 Å². The first-order valence-corrected chi connectivity index (χ1v) is 12.4. The quantitative estimate of drug-likeness (QED) is 0.560. The number of carbonyl (C=O) groups excluding carboxylic acids is 3. The number of rotatable bonds is 5. The van der Waals surface area contributed by atoms with Gasteiger partial charge in [0.25, 0.3) is 11.8 Å². The molecule has 164 valence electrons. The Kier molecular flexibility index (Phi) is 6.80. The molecular formula is C21H21Br2N3O4S. The van der Waals surface area contributed by atoms with Crippen molar-refractivity contribution in [3.63, 3.8) is 0 Å². The fourth-order valence-electron chi connectivity index (χ4n) is 3.93. The third-order valence-corrected chi connectivity index (χ3v) is 7.78. The second-order valence-corrected chi connectivity index (χ2v) is 10.9. The summed E-state index contributed by atoms with van der Waals surface area (Å²) in [4.78, 5) is 40.3. The number of amides is 3. The van der Waals surface area contributed by atoms with E-state index in [0.717, 1.165) is 22.3 Å². The Morgan fingerprint density at radius 3 is 2.55 bits per heavy atom. The second-order valence-electron chi connectivity index (χ2n) is 7.57. The molecule has 1 saturated heterocycles. The second kappa shape index (κ2) is 9.40. The first-order chi connectivity index (χ1) is 14.9. The molecule has 2 fully saturated rings. The van der Waals surface area contributed by atoms with Crippen LogP contribution in [0.3, 0.4) is 0 Å². The first kappa shape index (κ1) is 22.4. The molecule has 2 aromatic rings. The van der Waals surface area contributed by atoms with Crippen molar-refractivity contribution in [2.45, 2.75) is 31.2 Å². The van der Waals surface area contributed by atoms with Crippen molar-refractivity contribution >= 4 is 72.3 Å². The summed E-state index contributed by atoms with van der Waals surface area (Å²) in [5, 5.41) is 5.94. The van der Waals surface area contributed by atoms with Crippen molar-refractivity contribution in [1.82, 2.24) is 5.32 Å². The Hall–Kier alpha value is -1.75. The molecule has 31 heavy (non-hydrogen) atoms. The molecule has 1 aliphatic heterocycles. The van der Waals surface area contributed by atoms with Crippen molar-refractivity contribution in [1.29, 1.82) is 0 Å². The summed E-state index contributed by atoms with van der Waals surface area (Å²) < 4.78 is 6.75. The van der Waals surface area contributed by atoms with E-state index < -0.39 is 5.54 Å². The van der Waals surface area contributed by atoms with E-state index in [9.17, 15) is 14.4 Å². The third kappa shape index (κ3) is 4.87. The number of nitrogens with one attached hydrogen (secondary N) is 2. The minimum Gasteiger partial charge on any atom is -0.370 e. The lowest BCUT2D eigenvalue weighted by Gasteiger charge is -2.30. The lowest BCUT2D eigenvalue weighted by Crippen LogP contribution is -2.54. The summed E-state index contributed by atoms with van der Waals surface area (Å²) in [7, 11) is 0. The molecule has 7 nitrogen and oxygen atoms in total. The molecule has 1 aromatic carbocycles. The smallest absolute Gasteiger partial charge is 0.262 e. The maximum atomic E-state index is 13.2. The van der Waals surface area contributed by atoms with E-state index in [2.05, 4.69) is 42.5 Å². The zero-order chi connectivity index (χ0) is 22.0. The van der Waals surface area contributed by atoms with E-state index >= 15 is 0 Å². The Balaban J connectivity index is 1.49. The van der Waals surface area contributed by atoms with Gasteiger partial charge >= 0.3 is 0 Å². The lowest BCUT2D eigenvalue weighted by molar-refractivity contribution is -0.125. The van der Waals surface area contributed by atoms with Gasteiger partial charge in [0.05, 0.1) is 21.0 Å². The minimum atomic E-state index is -0.932. The number of hydrogen-bond donors (Lipinski definition) is 2. The van der Waals surface area contributed by atoms with Crippen LogP contribution in [0.2, 0.25) is 0 Å². The van der Waals surface area contributed by atoms with Gasteiger partial charge in [-0.05, 0) is 75.0 Å². The zero-order valence-corrected chi connectivity index (χ0v) is 20.6. The van der Waals surface area contributed by atoms with Crippen LogP contribution in [0.25, 0.3) is 0 Å². The minimum absolute atomic E-state index is 0.0634. The monoisotopic (exact) mass is 569 g/mol. The van der Waals surface area contributed by atoms with Crippen LogP contribution < -0.4 is 15.5 Å². The number of hydrogen-bond acceptors (Lipinski definition) is 5. The van der Waals surface area contributed by atoms with Gasteiger partial charge in [0.2, 0.25) is 5.91 Å². The van der Waals surface area contributed by atoms with E-state index in [1.807, 2.05) is 6.07 Å². The average Bonchev–Trinajstić information content (AvgIpc) is 3.39. The molecule has 2 aliphatic rings. The maximum Gasteiger partial charge on any atom is 0.262 e. The molecule has 0 unspecified atom stereocenters. The molecule has 10 heteroatoms. The Morgan fingerprint density at radius 1 is 1.13 bits per heavy atom. The molecule has 2 N–H and O–H groups in total. The standard InChI is InChI=1S/C21H21Br2N3O4S/c22-14-11-13(3-4-15(14)26-9-10-30-12-18(26)27)24-20(29)21(7-1-2-8-21)25-19(28)16-5-6-17(23)31-16/h3-6,11H,1-2,7-10,12H2,(H,24,29)(H,25,28). The van der Waals surface area contributed by atoms with Crippen LogP contribution in [-0.4, -0.2) is 43.0 Å². The van der Waals surface area contributed by atoms with Crippen LogP contribution in [0.5, 0.6) is 0 Å². The Bertz CT molecular complexity index is 1020. The summed E-state index contributed by atoms with van der Waals surface area (Å²) in [6.45, 7) is 1.03. The average molecular weight is 571 g/mol. The van der Waals surface area contributed by atoms with Crippen LogP contribution in [0.1, 0.15) is 35.4 Å². The molecule has 4 rings (SSSR count). The summed E-state index contributed by atoms with van der Waals surface area (Å²) in [6, 6.07) is 8.90. The largest absolute Gasteiger partial charge is 0.370 e. The molecule has 1 saturated carbocycles. The van der Waals surface area contributed by atoms with E-state index in [0.29, 0.717) is 41.0 Å². The summed E-state index contributed by atoms with van der Waals surface area (Å²) >= 11 is 8.22. The number of benzene rings is 1. The molecule has 0 spiro atoms. The number of anilines is 2. The molecule has 0 atom stereocenters. The summed E-state index contributed by atoms with van der Waals surface area (Å²) in [5.41, 5.74) is 0.401. The van der Waals surface area contributed by atoms with E-state index in [-0.39, 0.29) is 24.3 Å². The van der Waals surface area contributed by atoms with Gasteiger partial charge in [0.15, 0.2) is 0 Å². The Morgan fingerprint density at radius 2 is 1.90 bits per heavy atom. The van der Waals surface area contributed by atoms with Crippen molar-refractivity contribution in [2.75, 3.05) is 30.0 Å². The number of ether oxygens (including phenoxy) is 1. The number of nitrogens with zero attached hydrogens (tertiary/aromatic N) is 1. The number of thiophene rings is 1. The van der Waals surface area contributed by atoms with Crippen LogP contribution in [0, 0.1) is 0 Å². The Labute approximate surface area is 200 Å². The highest BCUT2D eigenvalue weighted by atomic mass is 79.9. The van der Waals surface area contributed by atoms with Gasteiger partial charge in [0.1, 0.15) is 12.1 Å². The fraction of sp³-hybridized carbons (Fsp3) is 0.381. The van der Waals surface area contributed by atoms with Crippen LogP contribution in [0.4, 0.5) is 11.4 Å². The van der Waals surface area contributed by atoms with Gasteiger partial charge in [-0.15, -0.1) is 11.3 Å². The molecule has 1 aliphatic carbocycles. The van der Waals surface area contributed by atoms with Gasteiger partial charge < -0.3 is 20.3 Å². The van der Waals surface area contributed by atoms with Crippen LogP contribution >= 0.6 is 43.2 Å². The predicted octanol–water partition coefficient (Wildman–Crippen LogP) is 4.32. The van der Waals surface area contributed by atoms with Crippen molar-refractivity contribution < 1.29 is 19.1 Å². The van der Waals surface area contributed by atoms with Crippen molar-refractivity contribution in [3.8, 4) is 0 Å². The predicted molar refractivity (Wildman–Crippen MR) is 127 cm³/mol. The highest BCUT2D eigenvalue weighted by molar-refractivity contribution is 9.11. The number of halogens is 2. The van der Waals surface area contributed by atoms with Gasteiger partial charge in [-0.2, -0.15) is 0 Å². The SMILES string of the molecule is O=C(NC1(C(=O)Nc2ccc(N3CCOCC3=O)c(Br)c2)CCCC1)c1ccc(Br)s1.